The second kappa shape index (κ2) is 8.74. The number of ether oxygens (including phenoxy) is 2. The highest BCUT2D eigenvalue weighted by atomic mass is 16.6. The second-order valence-electron chi connectivity index (χ2n) is 7.90. The first kappa shape index (κ1) is 19.8. The first-order valence-corrected chi connectivity index (χ1v) is 9.40. The van der Waals surface area contributed by atoms with E-state index in [0.29, 0.717) is 12.5 Å². The first-order valence-electron chi connectivity index (χ1n) is 9.40. The Bertz CT molecular complexity index is 448. The van der Waals surface area contributed by atoms with Crippen LogP contribution >= 0.6 is 0 Å². The summed E-state index contributed by atoms with van der Waals surface area (Å²) in [5.41, 5.74) is -0.443. The Kier molecular flexibility index (Phi) is 6.93. The predicted molar refractivity (Wildman–Crippen MR) is 95.6 cm³/mol. The lowest BCUT2D eigenvalue weighted by molar-refractivity contribution is 0.0123. The van der Waals surface area contributed by atoms with Gasteiger partial charge in [-0.1, -0.05) is 0 Å². The minimum Gasteiger partial charge on any atom is -0.450 e. The van der Waals surface area contributed by atoms with Crippen LogP contribution in [0.1, 0.15) is 40.5 Å². The van der Waals surface area contributed by atoms with Gasteiger partial charge in [-0.25, -0.2) is 9.59 Å². The number of likely N-dealkylation sites (tertiary alicyclic amines) is 1. The number of hydrogen-bond donors (Lipinski definition) is 0. The lowest BCUT2D eigenvalue weighted by atomic mass is 9.96. The third-order valence-corrected chi connectivity index (χ3v) is 4.68. The van der Waals surface area contributed by atoms with Crippen molar-refractivity contribution in [3.8, 4) is 0 Å². The molecule has 0 aromatic carbocycles. The highest BCUT2D eigenvalue weighted by Gasteiger charge is 2.29. The Morgan fingerprint density at radius 2 is 1.48 bits per heavy atom. The quantitative estimate of drug-likeness (QED) is 0.778. The zero-order valence-corrected chi connectivity index (χ0v) is 16.1. The van der Waals surface area contributed by atoms with Crippen LogP contribution in [0.25, 0.3) is 0 Å². The number of carbonyl (C=O) groups is 2. The van der Waals surface area contributed by atoms with Gasteiger partial charge in [0.05, 0.1) is 6.61 Å². The van der Waals surface area contributed by atoms with E-state index in [1.54, 1.807) is 9.80 Å². The summed E-state index contributed by atoms with van der Waals surface area (Å²) in [5, 5.41) is 0. The molecule has 25 heavy (non-hydrogen) atoms. The normalized spacial score (nSPS) is 20.5. The molecule has 0 aromatic heterocycles. The van der Waals surface area contributed by atoms with Crippen molar-refractivity contribution in [2.75, 3.05) is 52.4 Å². The zero-order chi connectivity index (χ0) is 18.4. The molecule has 0 saturated carbocycles. The maximum atomic E-state index is 12.1. The molecule has 144 valence electrons. The smallest absolute Gasteiger partial charge is 0.410 e. The van der Waals surface area contributed by atoms with Crippen LogP contribution in [0.3, 0.4) is 0 Å². The predicted octanol–water partition coefficient (Wildman–Crippen LogP) is 2.41. The van der Waals surface area contributed by atoms with E-state index >= 15 is 0 Å². The molecule has 0 radical (unpaired) electrons. The van der Waals surface area contributed by atoms with E-state index in [1.807, 2.05) is 27.7 Å². The lowest BCUT2D eigenvalue weighted by Gasteiger charge is -2.38. The van der Waals surface area contributed by atoms with Crippen LogP contribution < -0.4 is 0 Å². The molecule has 2 fully saturated rings. The third-order valence-electron chi connectivity index (χ3n) is 4.68. The van der Waals surface area contributed by atoms with Crippen molar-refractivity contribution in [2.24, 2.45) is 5.92 Å². The van der Waals surface area contributed by atoms with E-state index in [4.69, 9.17) is 9.47 Å². The molecule has 2 aliphatic rings. The van der Waals surface area contributed by atoms with E-state index < -0.39 is 5.60 Å². The third kappa shape index (κ3) is 6.38. The fraction of sp³-hybridized carbons (Fsp3) is 0.889. The maximum absolute atomic E-state index is 12.1. The van der Waals surface area contributed by atoms with Crippen LogP contribution in [-0.2, 0) is 9.47 Å². The summed E-state index contributed by atoms with van der Waals surface area (Å²) in [4.78, 5) is 29.9. The number of piperazine rings is 1. The Morgan fingerprint density at radius 3 is 2.00 bits per heavy atom. The number of hydrogen-bond acceptors (Lipinski definition) is 5. The summed E-state index contributed by atoms with van der Waals surface area (Å²) in [5.74, 6) is 0.610. The Hall–Kier alpha value is -1.50. The molecule has 0 aliphatic carbocycles. The highest BCUT2D eigenvalue weighted by Crippen LogP contribution is 2.20. The van der Waals surface area contributed by atoms with E-state index in [2.05, 4.69) is 4.90 Å². The number of piperidine rings is 1. The molecule has 0 spiro atoms. The number of amides is 2. The molecule has 2 aliphatic heterocycles. The van der Waals surface area contributed by atoms with Gasteiger partial charge in [-0.05, 0) is 46.5 Å². The van der Waals surface area contributed by atoms with Crippen molar-refractivity contribution in [3.63, 3.8) is 0 Å². The molecule has 2 saturated heterocycles. The second-order valence-corrected chi connectivity index (χ2v) is 7.90. The average molecular weight is 355 g/mol. The molecule has 0 unspecified atom stereocenters. The van der Waals surface area contributed by atoms with Crippen LogP contribution in [0.4, 0.5) is 9.59 Å². The minimum atomic E-state index is -0.443. The fourth-order valence-corrected chi connectivity index (χ4v) is 3.32. The van der Waals surface area contributed by atoms with Gasteiger partial charge in [0.25, 0.3) is 0 Å². The van der Waals surface area contributed by atoms with Gasteiger partial charge in [-0.3, -0.25) is 4.90 Å². The van der Waals surface area contributed by atoms with Gasteiger partial charge < -0.3 is 19.3 Å². The molecule has 2 rings (SSSR count). The standard InChI is InChI=1S/C18H33N3O4/c1-5-24-16(22)20-8-6-15(7-9-20)14-19-10-12-21(13-11-19)17(23)25-18(2,3)4/h15H,5-14H2,1-4H3. The van der Waals surface area contributed by atoms with Crippen molar-refractivity contribution in [1.82, 2.24) is 14.7 Å². The first-order chi connectivity index (χ1) is 11.8. The van der Waals surface area contributed by atoms with E-state index in [0.717, 1.165) is 58.7 Å². The molecule has 0 aromatic rings. The molecule has 0 N–H and O–H groups in total. The Balaban J connectivity index is 1.67. The molecule has 7 nitrogen and oxygen atoms in total. The molecule has 0 atom stereocenters. The van der Waals surface area contributed by atoms with Gasteiger partial charge in [0.1, 0.15) is 5.60 Å². The van der Waals surface area contributed by atoms with Crippen molar-refractivity contribution < 1.29 is 19.1 Å². The molecular weight excluding hydrogens is 322 g/mol. The van der Waals surface area contributed by atoms with Crippen LogP contribution in [0.5, 0.6) is 0 Å². The minimum absolute atomic E-state index is 0.188. The van der Waals surface area contributed by atoms with E-state index in [-0.39, 0.29) is 12.2 Å². The molecule has 2 heterocycles. The van der Waals surface area contributed by atoms with Crippen molar-refractivity contribution >= 4 is 12.2 Å². The van der Waals surface area contributed by atoms with Gasteiger partial charge in [0.2, 0.25) is 0 Å². The average Bonchev–Trinajstić information content (AvgIpc) is 2.55. The lowest BCUT2D eigenvalue weighted by Crippen LogP contribution is -2.51. The Labute approximate surface area is 151 Å². The summed E-state index contributed by atoms with van der Waals surface area (Å²) >= 11 is 0. The van der Waals surface area contributed by atoms with E-state index in [9.17, 15) is 9.59 Å². The molecule has 0 bridgehead atoms. The molecular formula is C18H33N3O4. The van der Waals surface area contributed by atoms with Crippen molar-refractivity contribution in [3.05, 3.63) is 0 Å². The van der Waals surface area contributed by atoms with Crippen LogP contribution in [0.15, 0.2) is 0 Å². The summed E-state index contributed by atoms with van der Waals surface area (Å²) in [6.45, 7) is 13.8. The van der Waals surface area contributed by atoms with Gasteiger partial charge in [0.15, 0.2) is 0 Å². The van der Waals surface area contributed by atoms with Crippen LogP contribution in [0, 0.1) is 5.92 Å². The summed E-state index contributed by atoms with van der Waals surface area (Å²) in [6.07, 6.45) is 1.64. The maximum Gasteiger partial charge on any atom is 0.410 e. The van der Waals surface area contributed by atoms with Crippen molar-refractivity contribution in [1.29, 1.82) is 0 Å². The molecule has 7 heteroatoms. The number of carbonyl (C=O) groups excluding carboxylic acids is 2. The topological polar surface area (TPSA) is 62.3 Å². The monoisotopic (exact) mass is 355 g/mol. The van der Waals surface area contributed by atoms with E-state index in [1.165, 1.54) is 0 Å². The van der Waals surface area contributed by atoms with Gasteiger partial charge in [-0.15, -0.1) is 0 Å². The summed E-state index contributed by atoms with van der Waals surface area (Å²) in [6, 6.07) is 0. The SMILES string of the molecule is CCOC(=O)N1CCC(CN2CCN(C(=O)OC(C)(C)C)CC2)CC1. The number of rotatable bonds is 3. The van der Waals surface area contributed by atoms with Crippen molar-refractivity contribution in [2.45, 2.75) is 46.1 Å². The highest BCUT2D eigenvalue weighted by molar-refractivity contribution is 5.68. The van der Waals surface area contributed by atoms with Crippen LogP contribution in [0.2, 0.25) is 0 Å². The van der Waals surface area contributed by atoms with Gasteiger partial charge >= 0.3 is 12.2 Å². The van der Waals surface area contributed by atoms with Gasteiger partial charge in [0, 0.05) is 45.8 Å². The summed E-state index contributed by atoms with van der Waals surface area (Å²) < 4.78 is 10.5. The fourth-order valence-electron chi connectivity index (χ4n) is 3.32. The van der Waals surface area contributed by atoms with Gasteiger partial charge in [-0.2, -0.15) is 0 Å². The largest absolute Gasteiger partial charge is 0.450 e. The Morgan fingerprint density at radius 1 is 0.920 bits per heavy atom. The molecule has 2 amide bonds. The van der Waals surface area contributed by atoms with Crippen LogP contribution in [-0.4, -0.2) is 84.9 Å². The summed E-state index contributed by atoms with van der Waals surface area (Å²) in [7, 11) is 0. The number of nitrogens with zero attached hydrogens (tertiary/aromatic N) is 3. The zero-order valence-electron chi connectivity index (χ0n) is 16.1.